The molecule has 22 nitrogen and oxygen atoms in total. The molecule has 1 spiro atoms. The Balaban J connectivity index is 0.613. The number of aliphatic hydroxyl groups is 1. The van der Waals surface area contributed by atoms with Crippen molar-refractivity contribution in [2.24, 2.45) is 10.8 Å². The van der Waals surface area contributed by atoms with E-state index in [0.29, 0.717) is 89.4 Å². The van der Waals surface area contributed by atoms with Crippen LogP contribution in [0.5, 0.6) is 0 Å². The number of aliphatic hydroxyl groups excluding tert-OH is 1. The van der Waals surface area contributed by atoms with E-state index in [9.17, 15) is 33.9 Å². The predicted octanol–water partition coefficient (Wildman–Crippen LogP) is 4.98. The average molecular weight is 1270 g/mol. The SMILES string of the molecule is Cc1ncsc1-c1ccc([C@H](C)NC(=O)[C@@H]2C[C@@H](O)CN2C(=O)[C@@H](NC(=O)CCC(=O)NCCCN2CCN(CC(=O)NCCCNc3cc(N4CCC5(CC4)CN(c4cc(F)c(CN6CCC(C)(C)CC6)cc4F)CC(=O)N5)ncn3)CC2)C(C)(C)C)cc1. The molecule has 9 rings (SSSR count). The Bertz CT molecular complexity index is 3140. The van der Waals surface area contributed by atoms with Gasteiger partial charge in [0.1, 0.15) is 41.7 Å². The number of benzene rings is 2. The van der Waals surface area contributed by atoms with Crippen molar-refractivity contribution < 1.29 is 42.7 Å². The highest BCUT2D eigenvalue weighted by Gasteiger charge is 2.46. The summed E-state index contributed by atoms with van der Waals surface area (Å²) in [5.74, 6) is -1.44. The molecule has 2 aromatic carbocycles. The number of anilines is 3. The van der Waals surface area contributed by atoms with Gasteiger partial charge in [0.25, 0.3) is 0 Å². The highest BCUT2D eigenvalue weighted by molar-refractivity contribution is 7.13. The number of aryl methyl sites for hydroxylation is 1. The van der Waals surface area contributed by atoms with Gasteiger partial charge in [0.15, 0.2) is 0 Å². The summed E-state index contributed by atoms with van der Waals surface area (Å²) >= 11 is 1.56. The number of likely N-dealkylation sites (tertiary alicyclic amines) is 2. The predicted molar refractivity (Wildman–Crippen MR) is 343 cm³/mol. The molecule has 7 heterocycles. The first-order chi connectivity index (χ1) is 42.9. The fourth-order valence-corrected chi connectivity index (χ4v) is 13.6. The summed E-state index contributed by atoms with van der Waals surface area (Å²) in [5.41, 5.74) is 4.04. The number of β-amino-alcohol motifs (C(OH)–C–C–N with tert-alkyl or cyclic N) is 1. The number of nitrogens with zero attached hydrogens (tertiary/aromatic N) is 9. The number of hydrogen-bond donors (Lipinski definition) is 7. The topological polar surface area (TPSA) is 253 Å². The molecule has 0 bridgehead atoms. The average Bonchev–Trinajstić information content (AvgIpc) is 0.865. The standard InChI is InChI=1S/C65H93F2N15O7S/c1-43(45-10-12-46(13-11-45)59-44(2)73-42-90-59)74-61(88)52-33-48(83)37-82(52)62(89)60(63(3,4)5)75-56(85)15-14-55(84)69-22-9-23-77-28-30-79(31-29-77)38-57(86)70-21-8-20-68-53-35-54(72-41-71-53)80-26-18-65(19-27-80)40-81(39-58(87)76-65)51-34-49(66)47(32-50(51)67)36-78-24-16-64(6,7)17-25-78/h10-13,32,34-35,41-43,48,52,60,83H,8-9,14-31,33,36-40H2,1-7H3,(H,69,84)(H,70,86)(H,74,88)(H,75,85)(H,76,87)(H,68,71,72)/t43-,48+,52-,60+/m0/s1. The summed E-state index contributed by atoms with van der Waals surface area (Å²) in [6.45, 7) is 22.9. The van der Waals surface area contributed by atoms with E-state index in [4.69, 9.17) is 0 Å². The number of aromatic nitrogens is 3. The van der Waals surface area contributed by atoms with E-state index in [1.54, 1.807) is 16.2 Å². The van der Waals surface area contributed by atoms with Crippen LogP contribution in [0.3, 0.4) is 0 Å². The quantitative estimate of drug-likeness (QED) is 0.0457. The van der Waals surface area contributed by atoms with Crippen LogP contribution in [0.4, 0.5) is 26.1 Å². The van der Waals surface area contributed by atoms with Gasteiger partial charge in [0.2, 0.25) is 35.4 Å². The summed E-state index contributed by atoms with van der Waals surface area (Å²) in [5, 5.41) is 29.0. The molecule has 5 fully saturated rings. The molecule has 2 aromatic heterocycles. The van der Waals surface area contributed by atoms with Gasteiger partial charge in [-0.2, -0.15) is 0 Å². The maximum absolute atomic E-state index is 15.7. The fourth-order valence-electron chi connectivity index (χ4n) is 12.8. The van der Waals surface area contributed by atoms with Gasteiger partial charge in [-0.25, -0.2) is 23.7 Å². The van der Waals surface area contributed by atoms with Crippen LogP contribution in [0.15, 0.2) is 54.3 Å². The zero-order valence-corrected chi connectivity index (χ0v) is 54.3. The first-order valence-electron chi connectivity index (χ1n) is 32.0. The molecule has 4 aromatic rings. The van der Waals surface area contributed by atoms with Crippen LogP contribution in [0, 0.1) is 29.4 Å². The molecule has 0 radical (unpaired) electrons. The molecule has 490 valence electrons. The Labute approximate surface area is 532 Å². The number of piperazine rings is 2. The van der Waals surface area contributed by atoms with Crippen molar-refractivity contribution in [3.8, 4) is 10.4 Å². The molecular formula is C65H93F2N15O7S. The summed E-state index contributed by atoms with van der Waals surface area (Å²) in [6.07, 6.45) is 5.08. The monoisotopic (exact) mass is 1270 g/mol. The van der Waals surface area contributed by atoms with E-state index < -0.39 is 58.5 Å². The number of nitrogens with one attached hydrogen (secondary N) is 6. The van der Waals surface area contributed by atoms with Gasteiger partial charge >= 0.3 is 0 Å². The minimum absolute atomic E-state index is 0.0423. The Morgan fingerprint density at radius 1 is 0.789 bits per heavy atom. The van der Waals surface area contributed by atoms with Gasteiger partial charge in [0, 0.05) is 115 Å². The van der Waals surface area contributed by atoms with E-state index in [2.05, 4.69) is 80.3 Å². The van der Waals surface area contributed by atoms with E-state index in [0.717, 1.165) is 86.2 Å². The van der Waals surface area contributed by atoms with Crippen molar-refractivity contribution >= 4 is 64.1 Å². The molecule has 0 unspecified atom stereocenters. The zero-order chi connectivity index (χ0) is 64.3. The number of carbonyl (C=O) groups is 6. The Kier molecular flexibility index (Phi) is 22.5. The van der Waals surface area contributed by atoms with Gasteiger partial charge in [-0.15, -0.1) is 11.3 Å². The van der Waals surface area contributed by atoms with Crippen molar-refractivity contribution in [1.29, 1.82) is 0 Å². The van der Waals surface area contributed by atoms with E-state index in [1.807, 2.05) is 70.5 Å². The molecule has 0 saturated carbocycles. The lowest BCUT2D eigenvalue weighted by Crippen LogP contribution is -2.66. The maximum atomic E-state index is 15.7. The second-order valence-electron chi connectivity index (χ2n) is 27.1. The number of halogens is 2. The second kappa shape index (κ2) is 30.0. The zero-order valence-electron chi connectivity index (χ0n) is 53.5. The van der Waals surface area contributed by atoms with Gasteiger partial charge < -0.3 is 56.6 Å². The van der Waals surface area contributed by atoms with Crippen molar-refractivity contribution in [2.75, 3.05) is 120 Å². The molecule has 0 aliphatic carbocycles. The number of hydrogen-bond acceptors (Lipinski definition) is 17. The maximum Gasteiger partial charge on any atom is 0.246 e. The lowest BCUT2D eigenvalue weighted by atomic mass is 9.82. The fraction of sp³-hybridized carbons (Fsp3) is 0.615. The first-order valence-corrected chi connectivity index (χ1v) is 32.9. The van der Waals surface area contributed by atoms with Crippen LogP contribution in [-0.4, -0.2) is 204 Å². The second-order valence-corrected chi connectivity index (χ2v) is 28.0. The molecular weight excluding hydrogens is 1170 g/mol. The largest absolute Gasteiger partial charge is 0.391 e. The van der Waals surface area contributed by atoms with Crippen molar-refractivity contribution in [3.63, 3.8) is 0 Å². The van der Waals surface area contributed by atoms with E-state index in [-0.39, 0.29) is 67.2 Å². The van der Waals surface area contributed by atoms with Crippen LogP contribution < -0.4 is 41.7 Å². The van der Waals surface area contributed by atoms with E-state index >= 15 is 8.78 Å². The summed E-state index contributed by atoms with van der Waals surface area (Å²) in [6, 6.07) is 10.0. The Morgan fingerprint density at radius 3 is 2.18 bits per heavy atom. The third-order valence-corrected chi connectivity index (χ3v) is 19.4. The third kappa shape index (κ3) is 18.2. The minimum atomic E-state index is -1.01. The summed E-state index contributed by atoms with van der Waals surface area (Å²) in [4.78, 5) is 106. The van der Waals surface area contributed by atoms with Crippen LogP contribution in [0.1, 0.15) is 122 Å². The molecule has 5 aliphatic heterocycles. The smallest absolute Gasteiger partial charge is 0.246 e. The molecule has 7 N–H and O–H groups in total. The van der Waals surface area contributed by atoms with Crippen molar-refractivity contribution in [1.82, 2.24) is 61.1 Å². The summed E-state index contributed by atoms with van der Waals surface area (Å²) < 4.78 is 31.3. The minimum Gasteiger partial charge on any atom is -0.391 e. The van der Waals surface area contributed by atoms with Crippen LogP contribution in [-0.2, 0) is 35.3 Å². The first kappa shape index (κ1) is 67.5. The molecule has 6 amide bonds. The summed E-state index contributed by atoms with van der Waals surface area (Å²) in [7, 11) is 0. The highest BCUT2D eigenvalue weighted by atomic mass is 32.1. The van der Waals surface area contributed by atoms with Gasteiger partial charge in [-0.05, 0) is 100 Å². The molecule has 5 aliphatic rings. The van der Waals surface area contributed by atoms with Gasteiger partial charge in [-0.3, -0.25) is 38.6 Å². The lowest BCUT2D eigenvalue weighted by Gasteiger charge is -2.48. The number of thiazole rings is 1. The Morgan fingerprint density at radius 2 is 1.48 bits per heavy atom. The van der Waals surface area contributed by atoms with Crippen molar-refractivity contribution in [3.05, 3.63) is 82.8 Å². The third-order valence-electron chi connectivity index (χ3n) is 18.4. The molecule has 5 saturated heterocycles. The molecule has 25 heteroatoms. The van der Waals surface area contributed by atoms with Gasteiger partial charge in [0.05, 0.1) is 52.5 Å². The van der Waals surface area contributed by atoms with Crippen molar-refractivity contribution in [2.45, 2.75) is 143 Å². The highest BCUT2D eigenvalue weighted by Crippen LogP contribution is 2.36. The molecule has 90 heavy (non-hydrogen) atoms. The van der Waals surface area contributed by atoms with E-state index in [1.165, 1.54) is 23.4 Å². The normalized spacial score (nSPS) is 20.5. The number of piperidine rings is 2. The number of amides is 6. The number of rotatable bonds is 24. The molecule has 4 atom stereocenters. The van der Waals surface area contributed by atoms with Crippen LogP contribution >= 0.6 is 11.3 Å². The lowest BCUT2D eigenvalue weighted by molar-refractivity contribution is -0.144. The van der Waals surface area contributed by atoms with Crippen LogP contribution in [0.2, 0.25) is 0 Å². The number of carbonyl (C=O) groups excluding carboxylic acids is 6. The van der Waals surface area contributed by atoms with Gasteiger partial charge in [-0.1, -0.05) is 58.9 Å². The van der Waals surface area contributed by atoms with Crippen LogP contribution in [0.25, 0.3) is 10.4 Å². The Hall–Kier alpha value is -6.93.